The molecule has 2 atom stereocenters. The Kier molecular flexibility index (Phi) is 4.50. The largest absolute Gasteiger partial charge is 0.497 e. The SMILES string of the molecule is C=C[C@@H](OC(C)=O)[C@@](C)(O)c1ccc(OC)cc1. The minimum absolute atomic E-state index is 0.464. The first-order valence-electron chi connectivity index (χ1n) is 5.58. The van der Waals surface area contributed by atoms with E-state index in [0.29, 0.717) is 11.3 Å². The van der Waals surface area contributed by atoms with Crippen LogP contribution in [0, 0.1) is 0 Å². The van der Waals surface area contributed by atoms with Crippen molar-refractivity contribution in [3.63, 3.8) is 0 Å². The molecule has 0 fully saturated rings. The first-order chi connectivity index (χ1) is 8.41. The van der Waals surface area contributed by atoms with Gasteiger partial charge in [0.15, 0.2) is 6.10 Å². The lowest BCUT2D eigenvalue weighted by Crippen LogP contribution is -2.38. The van der Waals surface area contributed by atoms with Crippen molar-refractivity contribution in [2.75, 3.05) is 7.11 Å². The fourth-order valence-electron chi connectivity index (χ4n) is 1.66. The molecule has 0 radical (unpaired) electrons. The molecular weight excluding hydrogens is 232 g/mol. The molecule has 4 nitrogen and oxygen atoms in total. The van der Waals surface area contributed by atoms with Gasteiger partial charge < -0.3 is 14.6 Å². The highest BCUT2D eigenvalue weighted by Gasteiger charge is 2.34. The fraction of sp³-hybridized carbons (Fsp3) is 0.357. The Morgan fingerprint density at radius 1 is 1.44 bits per heavy atom. The maximum absolute atomic E-state index is 11.0. The van der Waals surface area contributed by atoms with Gasteiger partial charge in [0.25, 0.3) is 0 Å². The maximum Gasteiger partial charge on any atom is 0.303 e. The smallest absolute Gasteiger partial charge is 0.303 e. The normalized spacial score (nSPS) is 15.3. The first-order valence-corrected chi connectivity index (χ1v) is 5.58. The van der Waals surface area contributed by atoms with Crippen LogP contribution in [0.5, 0.6) is 5.75 Å². The number of aliphatic hydroxyl groups is 1. The van der Waals surface area contributed by atoms with Crippen molar-refractivity contribution < 1.29 is 19.4 Å². The highest BCUT2D eigenvalue weighted by atomic mass is 16.6. The third-order valence-corrected chi connectivity index (χ3v) is 2.74. The maximum atomic E-state index is 11.0. The molecule has 18 heavy (non-hydrogen) atoms. The minimum atomic E-state index is -1.33. The molecule has 0 amide bonds. The van der Waals surface area contributed by atoms with Gasteiger partial charge in [0.05, 0.1) is 7.11 Å². The third kappa shape index (κ3) is 3.11. The molecule has 0 spiro atoms. The number of hydrogen-bond acceptors (Lipinski definition) is 4. The van der Waals surface area contributed by atoms with Gasteiger partial charge in [-0.05, 0) is 30.7 Å². The topological polar surface area (TPSA) is 55.8 Å². The van der Waals surface area contributed by atoms with E-state index in [0.717, 1.165) is 0 Å². The van der Waals surface area contributed by atoms with Gasteiger partial charge in [0.2, 0.25) is 0 Å². The Bertz CT molecular complexity index is 420. The Balaban J connectivity index is 3.01. The van der Waals surface area contributed by atoms with Crippen LogP contribution < -0.4 is 4.74 Å². The molecule has 1 aromatic rings. The molecular formula is C14H18O4. The molecule has 1 aromatic carbocycles. The van der Waals surface area contributed by atoms with Crippen molar-refractivity contribution >= 4 is 5.97 Å². The van der Waals surface area contributed by atoms with E-state index in [9.17, 15) is 9.90 Å². The van der Waals surface area contributed by atoms with E-state index in [1.54, 1.807) is 38.3 Å². The number of carbonyl (C=O) groups excluding carboxylic acids is 1. The lowest BCUT2D eigenvalue weighted by atomic mass is 9.90. The molecule has 4 heteroatoms. The van der Waals surface area contributed by atoms with E-state index in [1.165, 1.54) is 13.0 Å². The van der Waals surface area contributed by atoms with Crippen molar-refractivity contribution in [1.29, 1.82) is 0 Å². The molecule has 0 saturated heterocycles. The summed E-state index contributed by atoms with van der Waals surface area (Å²) < 4.78 is 10.1. The van der Waals surface area contributed by atoms with Gasteiger partial charge in [-0.1, -0.05) is 18.7 Å². The molecule has 0 saturated carbocycles. The van der Waals surface area contributed by atoms with E-state index >= 15 is 0 Å². The van der Waals surface area contributed by atoms with E-state index in [-0.39, 0.29) is 0 Å². The summed E-state index contributed by atoms with van der Waals surface area (Å²) in [6.45, 7) is 6.44. The number of hydrogen-bond donors (Lipinski definition) is 1. The van der Waals surface area contributed by atoms with Crippen molar-refractivity contribution in [2.45, 2.75) is 25.6 Å². The second kappa shape index (κ2) is 5.69. The third-order valence-electron chi connectivity index (χ3n) is 2.74. The van der Waals surface area contributed by atoms with Gasteiger partial charge in [0, 0.05) is 6.92 Å². The molecule has 98 valence electrons. The molecule has 0 aliphatic heterocycles. The Hall–Kier alpha value is -1.81. The second-order valence-corrected chi connectivity index (χ2v) is 4.14. The molecule has 0 aromatic heterocycles. The number of carbonyl (C=O) groups is 1. The summed E-state index contributed by atoms with van der Waals surface area (Å²) in [6, 6.07) is 6.91. The van der Waals surface area contributed by atoms with Crippen LogP contribution in [-0.4, -0.2) is 24.3 Å². The lowest BCUT2D eigenvalue weighted by molar-refractivity contribution is -0.156. The monoisotopic (exact) mass is 250 g/mol. The van der Waals surface area contributed by atoms with E-state index in [4.69, 9.17) is 9.47 Å². The van der Waals surface area contributed by atoms with Crippen LogP contribution in [-0.2, 0) is 15.1 Å². The summed E-state index contributed by atoms with van der Waals surface area (Å²) in [7, 11) is 1.57. The van der Waals surface area contributed by atoms with Crippen LogP contribution in [0.4, 0.5) is 0 Å². The highest BCUT2D eigenvalue weighted by Crippen LogP contribution is 2.28. The van der Waals surface area contributed by atoms with Crippen LogP contribution in [0.3, 0.4) is 0 Å². The molecule has 0 heterocycles. The summed E-state index contributed by atoms with van der Waals surface area (Å²) in [4.78, 5) is 11.0. The number of esters is 1. The summed E-state index contributed by atoms with van der Waals surface area (Å²) in [5.41, 5.74) is -0.714. The molecule has 0 unspecified atom stereocenters. The highest BCUT2D eigenvalue weighted by molar-refractivity contribution is 5.66. The lowest BCUT2D eigenvalue weighted by Gasteiger charge is -2.30. The Morgan fingerprint density at radius 2 is 2.00 bits per heavy atom. The number of methoxy groups -OCH3 is 1. The van der Waals surface area contributed by atoms with Gasteiger partial charge in [-0.15, -0.1) is 0 Å². The summed E-state index contributed by atoms with van der Waals surface area (Å²) in [6.07, 6.45) is 0.606. The van der Waals surface area contributed by atoms with Crippen LogP contribution in [0.15, 0.2) is 36.9 Å². The molecule has 0 aliphatic carbocycles. The van der Waals surface area contributed by atoms with Crippen molar-refractivity contribution in [1.82, 2.24) is 0 Å². The summed E-state index contributed by atoms with van der Waals surface area (Å²) >= 11 is 0. The zero-order chi connectivity index (χ0) is 13.8. The van der Waals surface area contributed by atoms with Gasteiger partial charge in [-0.3, -0.25) is 4.79 Å². The minimum Gasteiger partial charge on any atom is -0.497 e. The van der Waals surface area contributed by atoms with Crippen LogP contribution >= 0.6 is 0 Å². The van der Waals surface area contributed by atoms with E-state index < -0.39 is 17.7 Å². The quantitative estimate of drug-likeness (QED) is 0.641. The van der Waals surface area contributed by atoms with E-state index in [1.807, 2.05) is 0 Å². The van der Waals surface area contributed by atoms with Crippen LogP contribution in [0.2, 0.25) is 0 Å². The van der Waals surface area contributed by atoms with Gasteiger partial charge in [0.1, 0.15) is 11.4 Å². The Morgan fingerprint density at radius 3 is 2.39 bits per heavy atom. The molecule has 1 rings (SSSR count). The standard InChI is InChI=1S/C14H18O4/c1-5-13(18-10(2)15)14(3,16)11-6-8-12(17-4)9-7-11/h5-9,13,16H,1H2,2-4H3/t13-,14+/m1/s1. The summed E-state index contributed by atoms with van der Waals surface area (Å²) in [5.74, 6) is 0.228. The zero-order valence-electron chi connectivity index (χ0n) is 10.8. The number of ether oxygens (including phenoxy) is 2. The summed E-state index contributed by atoms with van der Waals surface area (Å²) in [5, 5.41) is 10.5. The van der Waals surface area contributed by atoms with Gasteiger partial charge in [-0.25, -0.2) is 0 Å². The van der Waals surface area contributed by atoms with E-state index in [2.05, 4.69) is 6.58 Å². The van der Waals surface area contributed by atoms with Crippen molar-refractivity contribution in [3.8, 4) is 5.75 Å². The van der Waals surface area contributed by atoms with Crippen molar-refractivity contribution in [2.24, 2.45) is 0 Å². The number of rotatable bonds is 5. The van der Waals surface area contributed by atoms with Crippen molar-refractivity contribution in [3.05, 3.63) is 42.5 Å². The predicted octanol–water partition coefficient (Wildman–Crippen LogP) is 2.02. The van der Waals surface area contributed by atoms with Crippen LogP contribution in [0.1, 0.15) is 19.4 Å². The average molecular weight is 250 g/mol. The second-order valence-electron chi connectivity index (χ2n) is 4.14. The molecule has 1 N–H and O–H groups in total. The molecule has 0 aliphatic rings. The first kappa shape index (κ1) is 14.3. The van der Waals surface area contributed by atoms with Gasteiger partial charge >= 0.3 is 5.97 Å². The predicted molar refractivity (Wildman–Crippen MR) is 68.3 cm³/mol. The fourth-order valence-corrected chi connectivity index (χ4v) is 1.66. The number of benzene rings is 1. The van der Waals surface area contributed by atoms with Gasteiger partial charge in [-0.2, -0.15) is 0 Å². The molecule has 0 bridgehead atoms. The zero-order valence-corrected chi connectivity index (χ0v) is 10.8. The van der Waals surface area contributed by atoms with Crippen LogP contribution in [0.25, 0.3) is 0 Å². The Labute approximate surface area is 107 Å². The average Bonchev–Trinajstić information content (AvgIpc) is 2.35.